The van der Waals surface area contributed by atoms with E-state index in [4.69, 9.17) is 4.74 Å². The zero-order chi connectivity index (χ0) is 13.4. The lowest BCUT2D eigenvalue weighted by Crippen LogP contribution is -2.44. The summed E-state index contributed by atoms with van der Waals surface area (Å²) in [4.78, 5) is 6.91. The van der Waals surface area contributed by atoms with Crippen LogP contribution in [0.2, 0.25) is 0 Å². The Bertz CT molecular complexity index is 449. The molecule has 0 radical (unpaired) electrons. The summed E-state index contributed by atoms with van der Waals surface area (Å²) in [5.74, 6) is 1.57. The molecule has 20 heavy (non-hydrogen) atoms. The molecule has 1 saturated carbocycles. The average molecular weight is 272 g/mol. The minimum atomic E-state index is 0.167. The highest BCUT2D eigenvalue weighted by Gasteiger charge is 2.43. The van der Waals surface area contributed by atoms with Crippen LogP contribution in [0.15, 0.2) is 24.5 Å². The van der Waals surface area contributed by atoms with Crippen molar-refractivity contribution in [3.05, 3.63) is 30.1 Å². The van der Waals surface area contributed by atoms with Gasteiger partial charge in [-0.3, -0.25) is 4.98 Å². The Balaban J connectivity index is 1.36. The van der Waals surface area contributed by atoms with Gasteiger partial charge in [0.1, 0.15) is 0 Å². The summed E-state index contributed by atoms with van der Waals surface area (Å²) in [5.41, 5.74) is 1.52. The topological polar surface area (TPSA) is 25.4 Å². The number of likely N-dealkylation sites (tertiary alicyclic amines) is 1. The number of hydrogen-bond donors (Lipinski definition) is 0. The number of piperidine rings is 1. The van der Waals surface area contributed by atoms with E-state index in [1.165, 1.54) is 57.3 Å². The lowest BCUT2D eigenvalue weighted by molar-refractivity contribution is -0.0440. The highest BCUT2D eigenvalue weighted by molar-refractivity contribution is 5.18. The van der Waals surface area contributed by atoms with Gasteiger partial charge in [0.2, 0.25) is 0 Å². The second kappa shape index (κ2) is 5.12. The largest absolute Gasteiger partial charge is 0.374 e. The normalized spacial score (nSPS) is 29.9. The summed E-state index contributed by atoms with van der Waals surface area (Å²) in [5, 5.41) is 0. The fourth-order valence-electron chi connectivity index (χ4n) is 3.83. The van der Waals surface area contributed by atoms with Crippen LogP contribution in [-0.4, -0.2) is 41.7 Å². The maximum Gasteiger partial charge on any atom is 0.0713 e. The van der Waals surface area contributed by atoms with Gasteiger partial charge in [-0.05, 0) is 49.7 Å². The van der Waals surface area contributed by atoms with Crippen molar-refractivity contribution in [3.63, 3.8) is 0 Å². The molecule has 3 aliphatic rings. The van der Waals surface area contributed by atoms with Crippen molar-refractivity contribution in [3.8, 4) is 0 Å². The van der Waals surface area contributed by atoms with Gasteiger partial charge >= 0.3 is 0 Å². The van der Waals surface area contributed by atoms with E-state index in [0.717, 1.165) is 12.5 Å². The summed E-state index contributed by atoms with van der Waals surface area (Å²) < 4.78 is 6.26. The molecule has 3 heteroatoms. The first kappa shape index (κ1) is 12.8. The molecule has 1 aromatic heterocycles. The van der Waals surface area contributed by atoms with Crippen molar-refractivity contribution in [2.45, 2.75) is 43.6 Å². The number of hydrogen-bond acceptors (Lipinski definition) is 3. The zero-order valence-corrected chi connectivity index (χ0v) is 12.1. The second-order valence-corrected chi connectivity index (χ2v) is 6.93. The van der Waals surface area contributed by atoms with Crippen molar-refractivity contribution < 1.29 is 4.74 Å². The van der Waals surface area contributed by atoms with Gasteiger partial charge in [0, 0.05) is 37.9 Å². The summed E-state index contributed by atoms with van der Waals surface area (Å²) in [6, 6.07) is 4.24. The molecule has 0 unspecified atom stereocenters. The first-order valence-electron chi connectivity index (χ1n) is 8.09. The van der Waals surface area contributed by atoms with Gasteiger partial charge in [-0.25, -0.2) is 0 Å². The SMILES string of the molecule is c1cncc([C@H]2COC3(CCN(CC4CC4)CC3)C2)c1. The first-order chi connectivity index (χ1) is 9.83. The number of nitrogens with zero attached hydrogens (tertiary/aromatic N) is 2. The number of pyridine rings is 1. The van der Waals surface area contributed by atoms with E-state index >= 15 is 0 Å². The molecule has 0 amide bonds. The maximum absolute atomic E-state index is 6.26. The molecule has 4 rings (SSSR count). The van der Waals surface area contributed by atoms with Crippen LogP contribution in [0, 0.1) is 5.92 Å². The highest BCUT2D eigenvalue weighted by Crippen LogP contribution is 2.43. The molecule has 3 nitrogen and oxygen atoms in total. The predicted octanol–water partition coefficient (Wildman–Crippen LogP) is 2.83. The lowest BCUT2D eigenvalue weighted by Gasteiger charge is -2.38. The van der Waals surface area contributed by atoms with Crippen LogP contribution in [0.1, 0.15) is 43.6 Å². The smallest absolute Gasteiger partial charge is 0.0713 e. The van der Waals surface area contributed by atoms with Crippen LogP contribution in [-0.2, 0) is 4.74 Å². The molecule has 1 aromatic rings. The minimum Gasteiger partial charge on any atom is -0.374 e. The summed E-state index contributed by atoms with van der Waals surface area (Å²) in [6.45, 7) is 4.68. The van der Waals surface area contributed by atoms with Crippen molar-refractivity contribution in [1.29, 1.82) is 0 Å². The predicted molar refractivity (Wildman–Crippen MR) is 78.7 cm³/mol. The van der Waals surface area contributed by atoms with E-state index in [1.54, 1.807) is 0 Å². The molecule has 2 saturated heterocycles. The second-order valence-electron chi connectivity index (χ2n) is 6.93. The van der Waals surface area contributed by atoms with Crippen molar-refractivity contribution in [2.24, 2.45) is 5.92 Å². The van der Waals surface area contributed by atoms with E-state index in [1.807, 2.05) is 18.5 Å². The standard InChI is InChI=1S/C17H24N2O/c1-2-15(11-18-7-1)16-10-17(20-13-16)5-8-19(9-6-17)12-14-3-4-14/h1-2,7,11,14,16H,3-6,8-10,12-13H2/t16-/m1/s1. The molecule has 108 valence electrons. The molecular weight excluding hydrogens is 248 g/mol. The van der Waals surface area contributed by atoms with Crippen LogP contribution in [0.3, 0.4) is 0 Å². The van der Waals surface area contributed by atoms with Crippen LogP contribution in [0.5, 0.6) is 0 Å². The Kier molecular flexibility index (Phi) is 3.27. The van der Waals surface area contributed by atoms with Gasteiger partial charge in [-0.1, -0.05) is 6.07 Å². The van der Waals surface area contributed by atoms with Gasteiger partial charge in [-0.2, -0.15) is 0 Å². The van der Waals surface area contributed by atoms with Crippen LogP contribution >= 0.6 is 0 Å². The molecule has 1 spiro atoms. The van der Waals surface area contributed by atoms with Crippen LogP contribution in [0.4, 0.5) is 0 Å². The van der Waals surface area contributed by atoms with Crippen LogP contribution < -0.4 is 0 Å². The maximum atomic E-state index is 6.26. The summed E-state index contributed by atoms with van der Waals surface area (Å²) in [6.07, 6.45) is 10.4. The third kappa shape index (κ3) is 2.61. The van der Waals surface area contributed by atoms with Crippen molar-refractivity contribution >= 4 is 0 Å². The van der Waals surface area contributed by atoms with Gasteiger partial charge < -0.3 is 9.64 Å². The third-order valence-electron chi connectivity index (χ3n) is 5.35. The zero-order valence-electron chi connectivity index (χ0n) is 12.1. The van der Waals surface area contributed by atoms with E-state index < -0.39 is 0 Å². The molecule has 3 fully saturated rings. The van der Waals surface area contributed by atoms with Crippen molar-refractivity contribution in [1.82, 2.24) is 9.88 Å². The van der Waals surface area contributed by atoms with E-state index in [2.05, 4.69) is 16.0 Å². The monoisotopic (exact) mass is 272 g/mol. The van der Waals surface area contributed by atoms with Gasteiger partial charge in [0.15, 0.2) is 0 Å². The molecule has 3 heterocycles. The summed E-state index contributed by atoms with van der Waals surface area (Å²) >= 11 is 0. The number of aromatic nitrogens is 1. The molecular formula is C17H24N2O. The quantitative estimate of drug-likeness (QED) is 0.846. The first-order valence-corrected chi connectivity index (χ1v) is 8.09. The van der Waals surface area contributed by atoms with E-state index in [0.29, 0.717) is 5.92 Å². The van der Waals surface area contributed by atoms with Gasteiger partial charge in [0.05, 0.1) is 12.2 Å². The Morgan fingerprint density at radius 3 is 2.85 bits per heavy atom. The number of rotatable bonds is 3. The minimum absolute atomic E-state index is 0.167. The fraction of sp³-hybridized carbons (Fsp3) is 0.706. The van der Waals surface area contributed by atoms with E-state index in [9.17, 15) is 0 Å². The van der Waals surface area contributed by atoms with Crippen molar-refractivity contribution in [2.75, 3.05) is 26.2 Å². The molecule has 0 aromatic carbocycles. The van der Waals surface area contributed by atoms with Gasteiger partial charge in [0.25, 0.3) is 0 Å². The number of ether oxygens (including phenoxy) is 1. The third-order valence-corrected chi connectivity index (χ3v) is 5.35. The average Bonchev–Trinajstić information content (AvgIpc) is 3.22. The van der Waals surface area contributed by atoms with Gasteiger partial charge in [-0.15, -0.1) is 0 Å². The van der Waals surface area contributed by atoms with E-state index in [-0.39, 0.29) is 5.60 Å². The molecule has 0 N–H and O–H groups in total. The lowest BCUT2D eigenvalue weighted by atomic mass is 9.83. The Hall–Kier alpha value is -0.930. The van der Waals surface area contributed by atoms with Crippen LogP contribution in [0.25, 0.3) is 0 Å². The molecule has 1 aliphatic carbocycles. The molecule has 2 aliphatic heterocycles. The Morgan fingerprint density at radius 1 is 1.30 bits per heavy atom. The fourth-order valence-corrected chi connectivity index (χ4v) is 3.83. The molecule has 1 atom stereocenters. The molecule has 0 bridgehead atoms. The Morgan fingerprint density at radius 2 is 2.15 bits per heavy atom. The highest BCUT2D eigenvalue weighted by atomic mass is 16.5. The summed E-state index contributed by atoms with van der Waals surface area (Å²) in [7, 11) is 0. The Labute approximate surface area is 121 Å².